The number of carboxylic acid groups (broad SMARTS) is 1. The highest BCUT2D eigenvalue weighted by Crippen LogP contribution is 2.53. The van der Waals surface area contributed by atoms with Gasteiger partial charge in [-0.15, -0.1) is 0 Å². The Morgan fingerprint density at radius 3 is 1.91 bits per heavy atom. The van der Waals surface area contributed by atoms with E-state index >= 15 is 0 Å². The molecule has 54 heavy (non-hydrogen) atoms. The third-order valence-corrected chi connectivity index (χ3v) is 10.5. The number of H-pyrrole nitrogens is 2. The van der Waals surface area contributed by atoms with Gasteiger partial charge in [0.1, 0.15) is 36.6 Å². The van der Waals surface area contributed by atoms with Gasteiger partial charge in [-0.2, -0.15) is 9.97 Å². The third kappa shape index (κ3) is 7.38. The van der Waals surface area contributed by atoms with E-state index in [2.05, 4.69) is 35.2 Å². The molecule has 3 aliphatic rings. The van der Waals surface area contributed by atoms with Crippen molar-refractivity contribution in [2.24, 2.45) is 0 Å². The van der Waals surface area contributed by atoms with E-state index in [4.69, 9.17) is 44.1 Å². The molecule has 4 aromatic heterocycles. The number of phosphoric ester groups is 2. The molecule has 0 aliphatic carbocycles. The molecule has 1 amide bonds. The molecule has 4 aromatic rings. The number of nitrogens with one attached hydrogen (secondary N) is 3. The van der Waals surface area contributed by atoms with Crippen LogP contribution in [-0.2, 0) is 46.3 Å². The number of carbonyl (C=O) groups is 2. The molecule has 11 N–H and O–H groups in total. The van der Waals surface area contributed by atoms with Gasteiger partial charge in [0.05, 0.1) is 25.9 Å². The van der Waals surface area contributed by atoms with Crippen LogP contribution in [0.3, 0.4) is 0 Å². The van der Waals surface area contributed by atoms with E-state index in [1.807, 2.05) is 0 Å². The van der Waals surface area contributed by atoms with Gasteiger partial charge < -0.3 is 46.3 Å². The molecule has 0 saturated carbocycles. The van der Waals surface area contributed by atoms with Crippen LogP contribution in [0.1, 0.15) is 31.7 Å². The highest BCUT2D eigenvalue weighted by molar-refractivity contribution is 7.47. The van der Waals surface area contributed by atoms with E-state index in [0.29, 0.717) is 0 Å². The van der Waals surface area contributed by atoms with Gasteiger partial charge in [0.2, 0.25) is 17.8 Å². The Bertz CT molecular complexity index is 2330. The zero-order valence-electron chi connectivity index (χ0n) is 27.2. The highest BCUT2D eigenvalue weighted by atomic mass is 31.2. The quantitative estimate of drug-likeness (QED) is 0.0860. The Morgan fingerprint density at radius 2 is 1.35 bits per heavy atom. The minimum atomic E-state index is -5.25. The number of aliphatic carboxylic acids is 1. The summed E-state index contributed by atoms with van der Waals surface area (Å²) in [6, 6.07) is -1.50. The fraction of sp³-hybridized carbons (Fsp3) is 0.520. The summed E-state index contributed by atoms with van der Waals surface area (Å²) >= 11 is 0. The molecule has 6 unspecified atom stereocenters. The van der Waals surface area contributed by atoms with Crippen LogP contribution in [-0.4, -0.2) is 121 Å². The number of aromatic nitrogens is 8. The number of nitrogens with zero attached hydrogens (tertiary/aromatic N) is 6. The first-order valence-electron chi connectivity index (χ1n) is 15.8. The summed E-state index contributed by atoms with van der Waals surface area (Å²) in [6.45, 7) is -1.86. The topological polar surface area (TPSA) is 396 Å². The molecule has 7 rings (SSSR count). The van der Waals surface area contributed by atoms with Crippen LogP contribution < -0.4 is 27.9 Å². The van der Waals surface area contributed by atoms with Crippen LogP contribution in [0.15, 0.2) is 22.2 Å². The van der Waals surface area contributed by atoms with Crippen molar-refractivity contribution in [3.8, 4) is 0 Å². The van der Waals surface area contributed by atoms with Crippen molar-refractivity contribution in [2.45, 2.75) is 68.3 Å². The number of fused-ring (bicyclic) bond motifs is 4. The number of hydrogen-bond acceptors (Lipinski definition) is 19. The number of aliphatic hydroxyl groups excluding tert-OH is 1. The monoisotopic (exact) mass is 803 g/mol. The second-order valence-corrected chi connectivity index (χ2v) is 15.0. The van der Waals surface area contributed by atoms with Crippen molar-refractivity contribution in [2.75, 3.05) is 24.7 Å². The van der Waals surface area contributed by atoms with E-state index in [-0.39, 0.29) is 53.5 Å². The Labute approximate surface area is 298 Å². The summed E-state index contributed by atoms with van der Waals surface area (Å²) in [4.78, 5) is 91.2. The lowest BCUT2D eigenvalue weighted by Gasteiger charge is -2.29. The number of carbonyl (C=O) groups excluding carboxylic acids is 1. The molecule has 7 heterocycles. The van der Waals surface area contributed by atoms with E-state index in [0.717, 1.165) is 21.8 Å². The van der Waals surface area contributed by atoms with E-state index in [1.54, 1.807) is 0 Å². The van der Waals surface area contributed by atoms with Gasteiger partial charge >= 0.3 is 21.6 Å². The molecule has 3 saturated heterocycles. The van der Waals surface area contributed by atoms with Crippen molar-refractivity contribution >= 4 is 61.7 Å². The van der Waals surface area contributed by atoms with Crippen LogP contribution >= 0.6 is 15.6 Å². The first-order valence-corrected chi connectivity index (χ1v) is 18.8. The maximum atomic E-state index is 13.5. The number of carboxylic acids is 1. The molecular formula is C25H31N11O16P2. The summed E-state index contributed by atoms with van der Waals surface area (Å²) in [5, 5.41) is 22.8. The van der Waals surface area contributed by atoms with Gasteiger partial charge in [-0.25, -0.2) is 19.1 Å². The van der Waals surface area contributed by atoms with Gasteiger partial charge in [0.25, 0.3) is 11.1 Å². The standard InChI is InChI=1S/C25H31N11O16P2/c26-24-31-18-13(20(41)33-24)28-6-35(18)22-12(30-10(37)2-1-3-11(38)39)16-8(49-22)4-47-54(45,46)52-17-9(5-48-53(43,44)51-16)50-23(15(17)40)36-7-29-14-19(36)32-25(27)34-21(14)42/h6-9,12,15-17,22-23,40H,1-5H2,(H,30,37)(H,38,39)(H,43,44)(H,45,46)(H3,26,31,33,41)(H3,27,32,34,42)/t8-,9-,12?,15?,16?,17?,22-,23-/m1/s1. The lowest BCUT2D eigenvalue weighted by molar-refractivity contribution is -0.137. The summed E-state index contributed by atoms with van der Waals surface area (Å²) in [5.74, 6) is -2.57. The van der Waals surface area contributed by atoms with E-state index in [9.17, 15) is 43.2 Å². The summed E-state index contributed by atoms with van der Waals surface area (Å²) < 4.78 is 62.3. The summed E-state index contributed by atoms with van der Waals surface area (Å²) in [5.41, 5.74) is 9.20. The number of anilines is 2. The van der Waals surface area contributed by atoms with Gasteiger partial charge in [-0.3, -0.25) is 56.4 Å². The molecule has 0 bridgehead atoms. The lowest BCUT2D eigenvalue weighted by atomic mass is 10.1. The minimum Gasteiger partial charge on any atom is -0.481 e. The maximum Gasteiger partial charge on any atom is 0.472 e. The first kappa shape index (κ1) is 37.6. The van der Waals surface area contributed by atoms with Crippen LogP contribution in [0, 0.1) is 0 Å². The Balaban J connectivity index is 1.20. The van der Waals surface area contributed by atoms with E-state index in [1.165, 1.54) is 0 Å². The number of amides is 1. The molecule has 3 fully saturated rings. The van der Waals surface area contributed by atoms with E-state index < -0.39 is 101 Å². The van der Waals surface area contributed by atoms with Crippen LogP contribution in [0.2, 0.25) is 0 Å². The number of aliphatic hydroxyl groups is 1. The molecule has 3 aliphatic heterocycles. The van der Waals surface area contributed by atoms with Crippen molar-refractivity contribution in [3.05, 3.63) is 33.4 Å². The zero-order valence-corrected chi connectivity index (χ0v) is 29.0. The van der Waals surface area contributed by atoms with Gasteiger partial charge in [0, 0.05) is 12.8 Å². The van der Waals surface area contributed by atoms with Crippen molar-refractivity contribution in [3.63, 3.8) is 0 Å². The average Bonchev–Trinajstić information content (AvgIpc) is 3.83. The number of aromatic amines is 2. The molecule has 29 heteroatoms. The van der Waals surface area contributed by atoms with Crippen molar-refractivity contribution in [1.29, 1.82) is 0 Å². The Hall–Kier alpha value is -4.66. The fourth-order valence-corrected chi connectivity index (χ4v) is 8.16. The molecule has 10 atom stereocenters. The number of imidazole rings is 2. The maximum absolute atomic E-state index is 13.5. The summed E-state index contributed by atoms with van der Waals surface area (Å²) in [6.07, 6.45) is -10.2. The van der Waals surface area contributed by atoms with Gasteiger partial charge in [0.15, 0.2) is 34.8 Å². The Kier molecular flexibility index (Phi) is 9.90. The number of nitrogens with two attached hydrogens (primary N) is 2. The second-order valence-electron chi connectivity index (χ2n) is 12.2. The van der Waals surface area contributed by atoms with Gasteiger partial charge in [-0.05, 0) is 6.42 Å². The normalized spacial score (nSPS) is 33.2. The average molecular weight is 804 g/mol. The number of hydrogen-bond donors (Lipinski definition) is 9. The molecular weight excluding hydrogens is 772 g/mol. The zero-order chi connectivity index (χ0) is 38.7. The third-order valence-electron chi connectivity index (χ3n) is 8.54. The predicted octanol–water partition coefficient (Wildman–Crippen LogP) is -2.67. The van der Waals surface area contributed by atoms with Crippen LogP contribution in [0.25, 0.3) is 22.3 Å². The summed E-state index contributed by atoms with van der Waals surface area (Å²) in [7, 11) is -10.5. The molecule has 0 radical (unpaired) electrons. The number of nitrogen functional groups attached to an aromatic ring is 2. The van der Waals surface area contributed by atoms with Gasteiger partial charge in [-0.1, -0.05) is 0 Å². The second kappa shape index (κ2) is 14.2. The molecule has 27 nitrogen and oxygen atoms in total. The number of ether oxygens (including phenoxy) is 2. The number of phosphoric acid groups is 2. The molecule has 292 valence electrons. The highest BCUT2D eigenvalue weighted by Gasteiger charge is 2.54. The molecule has 0 aromatic carbocycles. The van der Waals surface area contributed by atoms with Crippen LogP contribution in [0.5, 0.6) is 0 Å². The van der Waals surface area contributed by atoms with Crippen molar-refractivity contribution < 1.29 is 66.3 Å². The predicted molar refractivity (Wildman–Crippen MR) is 174 cm³/mol. The smallest absolute Gasteiger partial charge is 0.472 e. The molecule has 0 spiro atoms. The number of rotatable bonds is 7. The first-order chi connectivity index (χ1) is 25.5. The SMILES string of the molecule is Nc1nc2c(ncn2[C@@H]2O[C@@H]3COP(=O)(O)OC4C(NC(=O)CCCC(=O)O)[C@H](n5cnc6c(=O)[nH]c(N)nc65)O[C@@H]4COP(=O)(O)OC3C2O)c(=O)[nH]1. The Morgan fingerprint density at radius 1 is 0.852 bits per heavy atom. The van der Waals surface area contributed by atoms with Crippen molar-refractivity contribution in [1.82, 2.24) is 44.4 Å². The minimum absolute atomic E-state index is 0.101. The fourth-order valence-electron chi connectivity index (χ4n) is 6.23. The largest absolute Gasteiger partial charge is 0.481 e. The van der Waals surface area contributed by atoms with Crippen LogP contribution in [0.4, 0.5) is 11.9 Å². The lowest BCUT2D eigenvalue weighted by Crippen LogP contribution is -2.48.